The molecule has 0 bridgehead atoms. The molecular formula is C27H27ClN6O5S. The molecular weight excluding hydrogens is 556 g/mol. The van der Waals surface area contributed by atoms with E-state index in [0.29, 0.717) is 50.3 Å². The van der Waals surface area contributed by atoms with Crippen molar-refractivity contribution in [2.45, 2.75) is 37.0 Å². The van der Waals surface area contributed by atoms with Crippen molar-refractivity contribution in [2.24, 2.45) is 0 Å². The number of fused-ring (bicyclic) bond motifs is 1. The quantitative estimate of drug-likeness (QED) is 0.196. The molecule has 0 radical (unpaired) electrons. The summed E-state index contributed by atoms with van der Waals surface area (Å²) >= 11 is 6.45. The molecule has 1 atom stereocenters. The van der Waals surface area contributed by atoms with Crippen LogP contribution < -0.4 is 10.1 Å². The number of hydrogen-bond acceptors (Lipinski definition) is 9. The molecule has 208 valence electrons. The van der Waals surface area contributed by atoms with E-state index in [9.17, 15) is 18.6 Å². The second kappa shape index (κ2) is 10.5. The molecule has 3 heterocycles. The van der Waals surface area contributed by atoms with Gasteiger partial charge >= 0.3 is 0 Å². The number of aromatic amines is 1. The summed E-state index contributed by atoms with van der Waals surface area (Å²) in [6.07, 6.45) is 3.45. The maximum Gasteiger partial charge on any atom is 0.175 e. The van der Waals surface area contributed by atoms with Gasteiger partial charge in [-0.3, -0.25) is 14.8 Å². The largest absolute Gasteiger partial charge is 0.455 e. The van der Waals surface area contributed by atoms with Crippen LogP contribution in [0.2, 0.25) is 5.02 Å². The zero-order valence-electron chi connectivity index (χ0n) is 21.8. The van der Waals surface area contributed by atoms with E-state index in [1.807, 2.05) is 6.07 Å². The molecule has 0 aliphatic rings. The lowest BCUT2D eigenvalue weighted by Gasteiger charge is -2.24. The van der Waals surface area contributed by atoms with Gasteiger partial charge in [-0.1, -0.05) is 11.6 Å². The third-order valence-corrected chi connectivity index (χ3v) is 7.64. The van der Waals surface area contributed by atoms with Gasteiger partial charge in [0.05, 0.1) is 27.8 Å². The standard InChI is InChI=1S/C27H27ClN6O5S/c1-27(2,36)22(35)15-34-12-10-23(33-34)30-26-19-13-16(24-20(28)5-4-11-29-24)14-21(25(19)31-32-26)39-17-6-8-18(9-7-17)40(3,37)38/h4-14,22,35-36H,15H2,1-3H3,(H2,30,31,32,33). The Balaban J connectivity index is 1.52. The van der Waals surface area contributed by atoms with Crippen LogP contribution in [0, 0.1) is 0 Å². The van der Waals surface area contributed by atoms with Crippen molar-refractivity contribution in [3.63, 3.8) is 0 Å². The Bertz CT molecular complexity index is 1780. The number of aliphatic hydroxyl groups excluding tert-OH is 1. The van der Waals surface area contributed by atoms with Crippen LogP contribution in [-0.2, 0) is 16.4 Å². The smallest absolute Gasteiger partial charge is 0.175 e. The van der Waals surface area contributed by atoms with Crippen molar-refractivity contribution in [1.29, 1.82) is 0 Å². The third kappa shape index (κ3) is 5.94. The highest BCUT2D eigenvalue weighted by Gasteiger charge is 2.25. The molecule has 0 spiro atoms. The lowest BCUT2D eigenvalue weighted by molar-refractivity contribution is -0.0566. The predicted octanol–water partition coefficient (Wildman–Crippen LogP) is 4.55. The van der Waals surface area contributed by atoms with E-state index in [4.69, 9.17) is 16.3 Å². The van der Waals surface area contributed by atoms with Gasteiger partial charge in [0.1, 0.15) is 17.4 Å². The van der Waals surface area contributed by atoms with Crippen LogP contribution in [0.1, 0.15) is 13.8 Å². The van der Waals surface area contributed by atoms with Gasteiger partial charge in [0.2, 0.25) is 0 Å². The van der Waals surface area contributed by atoms with Gasteiger partial charge < -0.3 is 20.3 Å². The highest BCUT2D eigenvalue weighted by Crippen LogP contribution is 2.38. The number of aromatic nitrogens is 5. The third-order valence-electron chi connectivity index (χ3n) is 6.21. The minimum atomic E-state index is -3.35. The summed E-state index contributed by atoms with van der Waals surface area (Å²) in [5.41, 5.74) is 0.509. The summed E-state index contributed by atoms with van der Waals surface area (Å²) in [6, 6.07) is 14.9. The average molecular weight is 583 g/mol. The number of H-pyrrole nitrogens is 1. The SMILES string of the molecule is CC(C)(O)C(O)Cn1ccc(Nc2n[nH]c3c(Oc4ccc(S(C)(=O)=O)cc4)cc(-c4ncccc4Cl)cc23)n1. The Morgan fingerprint density at radius 1 is 1.18 bits per heavy atom. The fourth-order valence-electron chi connectivity index (χ4n) is 3.93. The van der Waals surface area contributed by atoms with Crippen molar-refractivity contribution in [2.75, 3.05) is 11.6 Å². The monoisotopic (exact) mass is 582 g/mol. The van der Waals surface area contributed by atoms with Crippen LogP contribution in [-0.4, -0.2) is 61.6 Å². The summed E-state index contributed by atoms with van der Waals surface area (Å²) in [7, 11) is -3.35. The predicted molar refractivity (Wildman–Crippen MR) is 152 cm³/mol. The zero-order valence-corrected chi connectivity index (χ0v) is 23.4. The molecule has 13 heteroatoms. The molecule has 11 nitrogen and oxygen atoms in total. The molecule has 2 aromatic carbocycles. The number of halogens is 1. The van der Waals surface area contributed by atoms with E-state index in [-0.39, 0.29) is 11.4 Å². The number of benzene rings is 2. The second-order valence-electron chi connectivity index (χ2n) is 9.87. The summed E-state index contributed by atoms with van der Waals surface area (Å²) in [6.45, 7) is 3.16. The number of nitrogens with zero attached hydrogens (tertiary/aromatic N) is 4. The van der Waals surface area contributed by atoms with Crippen LogP contribution in [0.4, 0.5) is 11.6 Å². The molecule has 40 heavy (non-hydrogen) atoms. The van der Waals surface area contributed by atoms with Gasteiger partial charge in [0.15, 0.2) is 27.2 Å². The van der Waals surface area contributed by atoms with Gasteiger partial charge in [0.25, 0.3) is 0 Å². The van der Waals surface area contributed by atoms with Crippen molar-refractivity contribution in [3.8, 4) is 22.8 Å². The zero-order chi connectivity index (χ0) is 28.7. The van der Waals surface area contributed by atoms with Crippen LogP contribution in [0.3, 0.4) is 0 Å². The van der Waals surface area contributed by atoms with E-state index in [0.717, 1.165) is 6.26 Å². The van der Waals surface area contributed by atoms with Gasteiger partial charge in [-0.15, -0.1) is 0 Å². The molecule has 0 aliphatic heterocycles. The summed E-state index contributed by atoms with van der Waals surface area (Å²) < 4.78 is 31.4. The van der Waals surface area contributed by atoms with E-state index in [2.05, 4.69) is 25.6 Å². The first-order chi connectivity index (χ1) is 18.9. The van der Waals surface area contributed by atoms with Crippen LogP contribution in [0.5, 0.6) is 11.5 Å². The van der Waals surface area contributed by atoms with Gasteiger partial charge in [-0.2, -0.15) is 10.2 Å². The normalized spacial score (nSPS) is 12.9. The van der Waals surface area contributed by atoms with E-state index in [1.165, 1.54) is 30.7 Å². The number of nitrogens with one attached hydrogen (secondary N) is 2. The number of anilines is 2. The number of sulfone groups is 1. The van der Waals surface area contributed by atoms with Crippen molar-refractivity contribution < 1.29 is 23.4 Å². The maximum absolute atomic E-state index is 11.9. The Kier molecular flexibility index (Phi) is 7.27. The van der Waals surface area contributed by atoms with Gasteiger partial charge in [-0.05, 0) is 62.4 Å². The van der Waals surface area contributed by atoms with Crippen molar-refractivity contribution >= 4 is 44.0 Å². The minimum Gasteiger partial charge on any atom is -0.455 e. The lowest BCUT2D eigenvalue weighted by Crippen LogP contribution is -2.39. The van der Waals surface area contributed by atoms with E-state index in [1.54, 1.807) is 48.8 Å². The highest BCUT2D eigenvalue weighted by atomic mass is 35.5. The molecule has 5 aromatic rings. The Hall–Kier alpha value is -3.97. The molecule has 3 aromatic heterocycles. The molecule has 0 amide bonds. The Morgan fingerprint density at radius 2 is 1.93 bits per heavy atom. The fourth-order valence-corrected chi connectivity index (χ4v) is 4.80. The van der Waals surface area contributed by atoms with Crippen molar-refractivity contribution in [3.05, 3.63) is 72.0 Å². The second-order valence-corrected chi connectivity index (χ2v) is 12.3. The number of ether oxygens (including phenoxy) is 1. The number of hydrogen-bond donors (Lipinski definition) is 4. The Labute approximate surface area is 235 Å². The first kappa shape index (κ1) is 27.6. The van der Waals surface area contributed by atoms with Gasteiger partial charge in [-0.25, -0.2) is 8.42 Å². The molecule has 0 fully saturated rings. The summed E-state index contributed by atoms with van der Waals surface area (Å²) in [4.78, 5) is 4.61. The molecule has 4 N–H and O–H groups in total. The van der Waals surface area contributed by atoms with E-state index < -0.39 is 21.5 Å². The Morgan fingerprint density at radius 3 is 2.60 bits per heavy atom. The number of rotatable bonds is 9. The number of aliphatic hydroxyl groups is 2. The van der Waals surface area contributed by atoms with Crippen LogP contribution in [0.15, 0.2) is 71.9 Å². The molecule has 5 rings (SSSR count). The molecule has 0 saturated heterocycles. The van der Waals surface area contributed by atoms with E-state index >= 15 is 0 Å². The summed E-state index contributed by atoms with van der Waals surface area (Å²) in [5.74, 6) is 1.76. The first-order valence-electron chi connectivity index (χ1n) is 12.2. The molecule has 0 saturated carbocycles. The van der Waals surface area contributed by atoms with Crippen LogP contribution in [0.25, 0.3) is 22.2 Å². The number of pyridine rings is 1. The van der Waals surface area contributed by atoms with Crippen molar-refractivity contribution in [1.82, 2.24) is 25.0 Å². The highest BCUT2D eigenvalue weighted by molar-refractivity contribution is 7.90. The average Bonchev–Trinajstić information content (AvgIpc) is 3.50. The lowest BCUT2D eigenvalue weighted by atomic mass is 10.0. The maximum atomic E-state index is 11.9. The fraction of sp³-hybridized carbons (Fsp3) is 0.222. The molecule has 1 unspecified atom stereocenters. The van der Waals surface area contributed by atoms with Crippen LogP contribution >= 0.6 is 11.6 Å². The molecule has 0 aliphatic carbocycles. The minimum absolute atomic E-state index is 0.102. The topological polar surface area (TPSA) is 155 Å². The van der Waals surface area contributed by atoms with Gasteiger partial charge in [0, 0.05) is 35.7 Å². The first-order valence-corrected chi connectivity index (χ1v) is 14.5. The summed E-state index contributed by atoms with van der Waals surface area (Å²) in [5, 5.41) is 36.4.